The Bertz CT molecular complexity index is 365. The van der Waals surface area contributed by atoms with E-state index >= 15 is 0 Å². The maximum absolute atomic E-state index is 4.19. The molecule has 2 fully saturated rings. The Balaban J connectivity index is 1.49. The van der Waals surface area contributed by atoms with Gasteiger partial charge >= 0.3 is 0 Å². The van der Waals surface area contributed by atoms with Crippen LogP contribution in [0.15, 0.2) is 18.7 Å². The summed E-state index contributed by atoms with van der Waals surface area (Å²) in [5.41, 5.74) is 0. The quantitative estimate of drug-likeness (QED) is 0.900. The fourth-order valence-corrected chi connectivity index (χ4v) is 3.85. The van der Waals surface area contributed by atoms with Crippen molar-refractivity contribution in [1.29, 1.82) is 0 Å². The SMILES string of the molecule is CC1CCC(CNC2CCCC2n2ccnc2)CC1. The first-order chi connectivity index (χ1) is 9.33. The Morgan fingerprint density at radius 3 is 2.74 bits per heavy atom. The van der Waals surface area contributed by atoms with Crippen LogP contribution in [-0.4, -0.2) is 22.1 Å². The summed E-state index contributed by atoms with van der Waals surface area (Å²) in [6.07, 6.45) is 15.7. The van der Waals surface area contributed by atoms with Crippen molar-refractivity contribution >= 4 is 0 Å². The van der Waals surface area contributed by atoms with Crippen LogP contribution in [0.4, 0.5) is 0 Å². The lowest BCUT2D eigenvalue weighted by atomic mass is 9.83. The second kappa shape index (κ2) is 6.08. The molecule has 2 aliphatic rings. The van der Waals surface area contributed by atoms with Gasteiger partial charge in [-0.1, -0.05) is 19.8 Å². The minimum absolute atomic E-state index is 0.630. The largest absolute Gasteiger partial charge is 0.333 e. The minimum atomic E-state index is 0.630. The molecule has 1 N–H and O–H groups in total. The van der Waals surface area contributed by atoms with Crippen molar-refractivity contribution in [2.24, 2.45) is 11.8 Å². The second-order valence-electron chi connectivity index (χ2n) is 6.65. The van der Waals surface area contributed by atoms with Crippen LogP contribution in [0.1, 0.15) is 57.9 Å². The maximum atomic E-state index is 4.19. The summed E-state index contributed by atoms with van der Waals surface area (Å²) < 4.78 is 2.30. The van der Waals surface area contributed by atoms with Crippen LogP contribution >= 0.6 is 0 Å². The molecule has 3 nitrogen and oxygen atoms in total. The molecular formula is C16H27N3. The van der Waals surface area contributed by atoms with E-state index in [0.29, 0.717) is 12.1 Å². The van der Waals surface area contributed by atoms with Gasteiger partial charge in [0.1, 0.15) is 0 Å². The van der Waals surface area contributed by atoms with Gasteiger partial charge in [-0.2, -0.15) is 0 Å². The third kappa shape index (κ3) is 3.19. The van der Waals surface area contributed by atoms with Crippen LogP contribution in [0, 0.1) is 11.8 Å². The molecule has 1 heterocycles. The summed E-state index contributed by atoms with van der Waals surface area (Å²) in [6, 6.07) is 1.29. The first-order valence-corrected chi connectivity index (χ1v) is 8.03. The average Bonchev–Trinajstić information content (AvgIpc) is 3.08. The van der Waals surface area contributed by atoms with E-state index in [1.54, 1.807) is 0 Å². The van der Waals surface area contributed by atoms with Crippen molar-refractivity contribution in [3.63, 3.8) is 0 Å². The van der Waals surface area contributed by atoms with E-state index in [9.17, 15) is 0 Å². The molecule has 1 aromatic heterocycles. The Hall–Kier alpha value is -0.830. The third-order valence-corrected chi connectivity index (χ3v) is 5.19. The molecule has 0 aromatic carbocycles. The van der Waals surface area contributed by atoms with Crippen LogP contribution in [-0.2, 0) is 0 Å². The molecule has 3 rings (SSSR count). The highest BCUT2D eigenvalue weighted by molar-refractivity contribution is 4.92. The third-order valence-electron chi connectivity index (χ3n) is 5.19. The molecule has 2 unspecified atom stereocenters. The molecule has 2 atom stereocenters. The van der Waals surface area contributed by atoms with Gasteiger partial charge in [0.05, 0.1) is 6.33 Å². The first kappa shape index (κ1) is 13.2. The molecule has 0 amide bonds. The number of imidazole rings is 1. The monoisotopic (exact) mass is 261 g/mol. The number of rotatable bonds is 4. The predicted molar refractivity (Wildman–Crippen MR) is 78.0 cm³/mol. The van der Waals surface area contributed by atoms with Crippen molar-refractivity contribution in [1.82, 2.24) is 14.9 Å². The van der Waals surface area contributed by atoms with E-state index in [-0.39, 0.29) is 0 Å². The number of hydrogen-bond acceptors (Lipinski definition) is 2. The fourth-order valence-electron chi connectivity index (χ4n) is 3.85. The highest BCUT2D eigenvalue weighted by Crippen LogP contribution is 2.31. The van der Waals surface area contributed by atoms with Gasteiger partial charge in [-0.3, -0.25) is 0 Å². The molecule has 1 aromatic rings. The van der Waals surface area contributed by atoms with Crippen molar-refractivity contribution in [3.8, 4) is 0 Å². The summed E-state index contributed by atoms with van der Waals surface area (Å²) in [5, 5.41) is 3.86. The van der Waals surface area contributed by atoms with E-state index < -0.39 is 0 Å². The molecular weight excluding hydrogens is 234 g/mol. The fraction of sp³-hybridized carbons (Fsp3) is 0.812. The number of nitrogens with zero attached hydrogens (tertiary/aromatic N) is 2. The van der Waals surface area contributed by atoms with Gasteiger partial charge in [-0.25, -0.2) is 4.98 Å². The Morgan fingerprint density at radius 1 is 1.16 bits per heavy atom. The topological polar surface area (TPSA) is 29.9 Å². The molecule has 3 heteroatoms. The molecule has 0 saturated heterocycles. The van der Waals surface area contributed by atoms with Crippen molar-refractivity contribution < 1.29 is 0 Å². The molecule has 0 radical (unpaired) electrons. The molecule has 2 saturated carbocycles. The Kier molecular flexibility index (Phi) is 4.21. The highest BCUT2D eigenvalue weighted by atomic mass is 15.1. The lowest BCUT2D eigenvalue weighted by Gasteiger charge is -2.29. The smallest absolute Gasteiger partial charge is 0.0949 e. The first-order valence-electron chi connectivity index (χ1n) is 8.03. The van der Waals surface area contributed by atoms with E-state index in [2.05, 4.69) is 28.0 Å². The van der Waals surface area contributed by atoms with Crippen LogP contribution in [0.3, 0.4) is 0 Å². The van der Waals surface area contributed by atoms with Gasteiger partial charge < -0.3 is 9.88 Å². The second-order valence-corrected chi connectivity index (χ2v) is 6.65. The van der Waals surface area contributed by atoms with E-state index in [4.69, 9.17) is 0 Å². The molecule has 0 bridgehead atoms. The lowest BCUT2D eigenvalue weighted by Crippen LogP contribution is -2.37. The van der Waals surface area contributed by atoms with Crippen molar-refractivity contribution in [2.75, 3.05) is 6.54 Å². The summed E-state index contributed by atoms with van der Waals surface area (Å²) in [7, 11) is 0. The normalized spacial score (nSPS) is 35.6. The van der Waals surface area contributed by atoms with Gasteiger partial charge in [-0.05, 0) is 50.5 Å². The van der Waals surface area contributed by atoms with Crippen LogP contribution in [0.5, 0.6) is 0 Å². The molecule has 106 valence electrons. The van der Waals surface area contributed by atoms with Gasteiger partial charge in [0.25, 0.3) is 0 Å². The van der Waals surface area contributed by atoms with E-state index in [0.717, 1.165) is 11.8 Å². The highest BCUT2D eigenvalue weighted by Gasteiger charge is 2.29. The summed E-state index contributed by atoms with van der Waals surface area (Å²) in [6.45, 7) is 3.62. The number of aromatic nitrogens is 2. The number of hydrogen-bond donors (Lipinski definition) is 1. The van der Waals surface area contributed by atoms with Gasteiger partial charge in [-0.15, -0.1) is 0 Å². The van der Waals surface area contributed by atoms with Gasteiger partial charge in [0.15, 0.2) is 0 Å². The van der Waals surface area contributed by atoms with Gasteiger partial charge in [0.2, 0.25) is 0 Å². The van der Waals surface area contributed by atoms with E-state index in [1.165, 1.54) is 51.5 Å². The molecule has 19 heavy (non-hydrogen) atoms. The zero-order valence-electron chi connectivity index (χ0n) is 12.1. The average molecular weight is 261 g/mol. The summed E-state index contributed by atoms with van der Waals surface area (Å²) in [5.74, 6) is 1.88. The zero-order valence-corrected chi connectivity index (χ0v) is 12.1. The van der Waals surface area contributed by atoms with Gasteiger partial charge in [0, 0.05) is 24.5 Å². The predicted octanol–water partition coefficient (Wildman–Crippen LogP) is 3.39. The van der Waals surface area contributed by atoms with Crippen LogP contribution in [0.2, 0.25) is 0 Å². The van der Waals surface area contributed by atoms with Crippen LogP contribution in [0.25, 0.3) is 0 Å². The minimum Gasteiger partial charge on any atom is -0.333 e. The van der Waals surface area contributed by atoms with E-state index in [1.807, 2.05) is 12.5 Å². The molecule has 2 aliphatic carbocycles. The molecule has 0 aliphatic heterocycles. The summed E-state index contributed by atoms with van der Waals surface area (Å²) >= 11 is 0. The van der Waals surface area contributed by atoms with Crippen LogP contribution < -0.4 is 5.32 Å². The maximum Gasteiger partial charge on any atom is 0.0949 e. The Morgan fingerprint density at radius 2 is 2.00 bits per heavy atom. The lowest BCUT2D eigenvalue weighted by molar-refractivity contribution is 0.265. The van der Waals surface area contributed by atoms with Crippen molar-refractivity contribution in [2.45, 2.75) is 64.0 Å². The Labute approximate surface area is 116 Å². The molecule has 0 spiro atoms. The zero-order chi connectivity index (χ0) is 13.1. The summed E-state index contributed by atoms with van der Waals surface area (Å²) in [4.78, 5) is 4.19. The standard InChI is InChI=1S/C16H27N3/c1-13-5-7-14(8-6-13)11-18-15-3-2-4-16(15)19-10-9-17-12-19/h9-10,12-16,18H,2-8,11H2,1H3. The van der Waals surface area contributed by atoms with Crippen molar-refractivity contribution in [3.05, 3.63) is 18.7 Å². The number of nitrogens with one attached hydrogen (secondary N) is 1.